The summed E-state index contributed by atoms with van der Waals surface area (Å²) in [7, 11) is 0. The molecule has 3 unspecified atom stereocenters. The fourth-order valence-electron chi connectivity index (χ4n) is 2.02. The molecule has 84 valence electrons. The van der Waals surface area contributed by atoms with Crippen molar-refractivity contribution in [3.8, 4) is 12.3 Å². The first kappa shape index (κ1) is 12.1. The summed E-state index contributed by atoms with van der Waals surface area (Å²) in [5.74, 6) is 2.71. The third-order valence-electron chi connectivity index (χ3n) is 3.01. The minimum atomic E-state index is -0.129. The second kappa shape index (κ2) is 5.77. The van der Waals surface area contributed by atoms with Gasteiger partial charge in [-0.05, 0) is 25.7 Å². The molecule has 1 saturated carbocycles. The third kappa shape index (κ3) is 3.56. The summed E-state index contributed by atoms with van der Waals surface area (Å²) >= 11 is 0. The van der Waals surface area contributed by atoms with E-state index in [0.29, 0.717) is 0 Å². The van der Waals surface area contributed by atoms with E-state index in [9.17, 15) is 4.79 Å². The molecule has 0 aliphatic heterocycles. The summed E-state index contributed by atoms with van der Waals surface area (Å²) in [5, 5.41) is 2.88. The van der Waals surface area contributed by atoms with Crippen molar-refractivity contribution < 1.29 is 4.79 Å². The predicted octanol–water partition coefficient (Wildman–Crippen LogP) is 1.03. The lowest BCUT2D eigenvalue weighted by Gasteiger charge is -2.26. The zero-order valence-electron chi connectivity index (χ0n) is 9.33. The third-order valence-corrected chi connectivity index (χ3v) is 3.01. The number of carbonyl (C=O) groups is 1. The molecular formula is C12H20N2O. The Labute approximate surface area is 91.8 Å². The van der Waals surface area contributed by atoms with E-state index < -0.39 is 0 Å². The number of nitrogens with two attached hydrogens (primary N) is 1. The quantitative estimate of drug-likeness (QED) is 0.681. The molecule has 3 heteroatoms. The largest absolute Gasteiger partial charge is 0.342 e. The van der Waals surface area contributed by atoms with Gasteiger partial charge >= 0.3 is 0 Å². The van der Waals surface area contributed by atoms with Crippen LogP contribution in [0.4, 0.5) is 0 Å². The van der Waals surface area contributed by atoms with Gasteiger partial charge in [0.25, 0.3) is 0 Å². The first-order valence-corrected chi connectivity index (χ1v) is 5.69. The van der Waals surface area contributed by atoms with Gasteiger partial charge in [0.2, 0.25) is 5.91 Å². The molecule has 0 spiro atoms. The first-order chi connectivity index (χ1) is 7.17. The van der Waals surface area contributed by atoms with Crippen LogP contribution in [-0.2, 0) is 4.79 Å². The average Bonchev–Trinajstić information content (AvgIpc) is 2.25. The summed E-state index contributed by atoms with van der Waals surface area (Å²) in [4.78, 5) is 11.8. The van der Waals surface area contributed by atoms with Crippen LogP contribution in [0.25, 0.3) is 0 Å². The van der Waals surface area contributed by atoms with Crippen molar-refractivity contribution in [2.24, 2.45) is 11.7 Å². The Bertz CT molecular complexity index is 257. The van der Waals surface area contributed by atoms with Crippen LogP contribution in [-0.4, -0.2) is 18.0 Å². The molecule has 0 aromatic rings. The van der Waals surface area contributed by atoms with Crippen LogP contribution in [0, 0.1) is 18.3 Å². The highest BCUT2D eigenvalue weighted by Gasteiger charge is 2.25. The van der Waals surface area contributed by atoms with Gasteiger partial charge < -0.3 is 11.1 Å². The van der Waals surface area contributed by atoms with Crippen molar-refractivity contribution in [3.05, 3.63) is 0 Å². The minimum absolute atomic E-state index is 0.0659. The Hall–Kier alpha value is -1.01. The maximum absolute atomic E-state index is 11.8. The molecule has 1 rings (SSSR count). The molecule has 0 bridgehead atoms. The Morgan fingerprint density at radius 1 is 1.67 bits per heavy atom. The maximum Gasteiger partial charge on any atom is 0.224 e. The second-order valence-corrected chi connectivity index (χ2v) is 4.26. The summed E-state index contributed by atoms with van der Waals surface area (Å²) in [6, 6.07) is 0.0519. The molecule has 0 aromatic carbocycles. The van der Waals surface area contributed by atoms with Crippen LogP contribution in [0.15, 0.2) is 0 Å². The Kier molecular flexibility index (Phi) is 4.64. The molecule has 3 N–H and O–H groups in total. The number of hydrogen-bond donors (Lipinski definition) is 2. The number of hydrogen-bond acceptors (Lipinski definition) is 2. The lowest BCUT2D eigenvalue weighted by atomic mass is 9.85. The lowest BCUT2D eigenvalue weighted by molar-refractivity contribution is -0.126. The maximum atomic E-state index is 11.8. The Balaban J connectivity index is 2.42. The molecule has 0 radical (unpaired) electrons. The van der Waals surface area contributed by atoms with E-state index in [1.807, 2.05) is 6.92 Å². The van der Waals surface area contributed by atoms with Crippen molar-refractivity contribution >= 4 is 5.91 Å². The minimum Gasteiger partial charge on any atom is -0.342 e. The number of rotatable bonds is 3. The molecule has 1 aliphatic carbocycles. The zero-order chi connectivity index (χ0) is 11.3. The topological polar surface area (TPSA) is 55.1 Å². The monoisotopic (exact) mass is 208 g/mol. The van der Waals surface area contributed by atoms with E-state index in [1.165, 1.54) is 0 Å². The fraction of sp³-hybridized carbons (Fsp3) is 0.750. The Morgan fingerprint density at radius 2 is 2.40 bits per heavy atom. The number of carbonyl (C=O) groups excluding carboxylic acids is 1. The van der Waals surface area contributed by atoms with Crippen LogP contribution in [0.2, 0.25) is 0 Å². The summed E-state index contributed by atoms with van der Waals surface area (Å²) < 4.78 is 0. The SMILES string of the molecule is C#CC(CC)NC(=O)C1CCCC(N)C1. The van der Waals surface area contributed by atoms with Gasteiger partial charge in [-0.3, -0.25) is 4.79 Å². The molecular weight excluding hydrogens is 188 g/mol. The molecule has 15 heavy (non-hydrogen) atoms. The van der Waals surface area contributed by atoms with Gasteiger partial charge in [0.05, 0.1) is 6.04 Å². The smallest absolute Gasteiger partial charge is 0.224 e. The van der Waals surface area contributed by atoms with Crippen LogP contribution in [0.5, 0.6) is 0 Å². The van der Waals surface area contributed by atoms with E-state index in [1.54, 1.807) is 0 Å². The summed E-state index contributed by atoms with van der Waals surface area (Å²) in [6.45, 7) is 1.97. The van der Waals surface area contributed by atoms with Crippen LogP contribution in [0.3, 0.4) is 0 Å². The number of nitrogens with one attached hydrogen (secondary N) is 1. The van der Waals surface area contributed by atoms with E-state index in [0.717, 1.165) is 32.1 Å². The molecule has 3 nitrogen and oxygen atoms in total. The van der Waals surface area contributed by atoms with Gasteiger partial charge in [-0.25, -0.2) is 0 Å². The fourth-order valence-corrected chi connectivity index (χ4v) is 2.02. The zero-order valence-corrected chi connectivity index (χ0v) is 9.33. The summed E-state index contributed by atoms with van der Waals surface area (Å²) in [6.07, 6.45) is 9.91. The molecule has 1 amide bonds. The number of amides is 1. The standard InChI is InChI=1S/C12H20N2O/c1-3-11(4-2)14-12(15)9-6-5-7-10(13)8-9/h1,9-11H,4-8,13H2,2H3,(H,14,15). The second-order valence-electron chi connectivity index (χ2n) is 4.26. The van der Waals surface area contributed by atoms with Gasteiger partial charge in [0, 0.05) is 12.0 Å². The van der Waals surface area contributed by atoms with Gasteiger partial charge in [-0.1, -0.05) is 19.3 Å². The van der Waals surface area contributed by atoms with Crippen molar-refractivity contribution in [1.29, 1.82) is 0 Å². The van der Waals surface area contributed by atoms with E-state index in [-0.39, 0.29) is 23.9 Å². The van der Waals surface area contributed by atoms with Crippen molar-refractivity contribution in [3.63, 3.8) is 0 Å². The van der Waals surface area contributed by atoms with Crippen LogP contribution < -0.4 is 11.1 Å². The Morgan fingerprint density at radius 3 is 2.93 bits per heavy atom. The predicted molar refractivity (Wildman–Crippen MR) is 61.0 cm³/mol. The molecule has 3 atom stereocenters. The molecule has 0 aromatic heterocycles. The van der Waals surface area contributed by atoms with Gasteiger partial charge in [-0.15, -0.1) is 6.42 Å². The van der Waals surface area contributed by atoms with Crippen molar-refractivity contribution in [2.45, 2.75) is 51.1 Å². The van der Waals surface area contributed by atoms with Crippen molar-refractivity contribution in [1.82, 2.24) is 5.32 Å². The highest BCUT2D eigenvalue weighted by Crippen LogP contribution is 2.23. The van der Waals surface area contributed by atoms with Gasteiger partial charge in [0.1, 0.15) is 0 Å². The number of terminal acetylenes is 1. The average molecular weight is 208 g/mol. The van der Waals surface area contributed by atoms with Gasteiger partial charge in [0.15, 0.2) is 0 Å². The van der Waals surface area contributed by atoms with E-state index >= 15 is 0 Å². The normalized spacial score (nSPS) is 27.8. The first-order valence-electron chi connectivity index (χ1n) is 5.69. The summed E-state index contributed by atoms with van der Waals surface area (Å²) in [5.41, 5.74) is 5.84. The lowest BCUT2D eigenvalue weighted by Crippen LogP contribution is -2.41. The van der Waals surface area contributed by atoms with Crippen LogP contribution >= 0.6 is 0 Å². The molecule has 1 fully saturated rings. The molecule has 1 aliphatic rings. The van der Waals surface area contributed by atoms with E-state index in [4.69, 9.17) is 12.2 Å². The molecule has 0 heterocycles. The van der Waals surface area contributed by atoms with Gasteiger partial charge in [-0.2, -0.15) is 0 Å². The van der Waals surface area contributed by atoms with Crippen LogP contribution in [0.1, 0.15) is 39.0 Å². The highest BCUT2D eigenvalue weighted by atomic mass is 16.1. The molecule has 0 saturated heterocycles. The van der Waals surface area contributed by atoms with E-state index in [2.05, 4.69) is 11.2 Å². The highest BCUT2D eigenvalue weighted by molar-refractivity contribution is 5.79. The van der Waals surface area contributed by atoms with Crippen molar-refractivity contribution in [2.75, 3.05) is 0 Å².